The molecule has 2 rings (SSSR count). The summed E-state index contributed by atoms with van der Waals surface area (Å²) in [5.41, 5.74) is 1.21. The van der Waals surface area contributed by atoms with Crippen molar-refractivity contribution in [2.45, 2.75) is 25.9 Å². The molecule has 2 heterocycles. The van der Waals surface area contributed by atoms with Gasteiger partial charge in [0, 0.05) is 19.0 Å². The van der Waals surface area contributed by atoms with E-state index in [-0.39, 0.29) is 12.4 Å². The minimum Gasteiger partial charge on any atom is -0.377 e. The fraction of sp³-hybridized carbons (Fsp3) is 0.615. The standard InChI is InChI=1S/C13H20N2O.ClH/c1-6-14-7-2-12(1)5-10-16-11-13-3-8-15-9-4-13;/h3-4,8-9,12,14H,1-2,5-7,10-11H2;1H. The zero-order valence-electron chi connectivity index (χ0n) is 10.1. The van der Waals surface area contributed by atoms with Gasteiger partial charge in [-0.05, 0) is 56.0 Å². The summed E-state index contributed by atoms with van der Waals surface area (Å²) in [6.07, 6.45) is 7.43. The van der Waals surface area contributed by atoms with Crippen LogP contribution in [0.4, 0.5) is 0 Å². The van der Waals surface area contributed by atoms with Gasteiger partial charge in [0.2, 0.25) is 0 Å². The summed E-state index contributed by atoms with van der Waals surface area (Å²) in [6.45, 7) is 3.95. The van der Waals surface area contributed by atoms with Crippen LogP contribution in [-0.4, -0.2) is 24.7 Å². The summed E-state index contributed by atoms with van der Waals surface area (Å²) < 4.78 is 5.67. The van der Waals surface area contributed by atoms with Crippen molar-refractivity contribution in [3.05, 3.63) is 30.1 Å². The molecule has 17 heavy (non-hydrogen) atoms. The second kappa shape index (κ2) is 8.45. The molecule has 0 unspecified atom stereocenters. The normalized spacial score (nSPS) is 16.5. The largest absolute Gasteiger partial charge is 0.377 e. The molecule has 4 heteroatoms. The van der Waals surface area contributed by atoms with Crippen LogP contribution in [0, 0.1) is 5.92 Å². The molecule has 96 valence electrons. The number of nitrogens with zero attached hydrogens (tertiary/aromatic N) is 1. The minimum absolute atomic E-state index is 0. The van der Waals surface area contributed by atoms with Crippen molar-refractivity contribution < 1.29 is 4.74 Å². The Hall–Kier alpha value is -0.640. The van der Waals surface area contributed by atoms with Gasteiger partial charge in [-0.2, -0.15) is 0 Å². The van der Waals surface area contributed by atoms with E-state index in [9.17, 15) is 0 Å². The molecule has 0 atom stereocenters. The van der Waals surface area contributed by atoms with E-state index in [2.05, 4.69) is 10.3 Å². The van der Waals surface area contributed by atoms with Crippen LogP contribution in [-0.2, 0) is 11.3 Å². The maximum atomic E-state index is 5.67. The Balaban J connectivity index is 0.00000144. The van der Waals surface area contributed by atoms with Crippen molar-refractivity contribution in [1.82, 2.24) is 10.3 Å². The first-order chi connectivity index (χ1) is 7.95. The fourth-order valence-corrected chi connectivity index (χ4v) is 2.09. The number of rotatable bonds is 5. The van der Waals surface area contributed by atoms with Crippen molar-refractivity contribution >= 4 is 12.4 Å². The third-order valence-electron chi connectivity index (χ3n) is 3.15. The zero-order chi connectivity index (χ0) is 11.1. The molecule has 1 saturated heterocycles. The minimum atomic E-state index is 0. The van der Waals surface area contributed by atoms with Gasteiger partial charge in [0.25, 0.3) is 0 Å². The number of ether oxygens (including phenoxy) is 1. The predicted molar refractivity (Wildman–Crippen MR) is 71.4 cm³/mol. The van der Waals surface area contributed by atoms with Gasteiger partial charge in [-0.3, -0.25) is 4.98 Å². The van der Waals surface area contributed by atoms with Gasteiger partial charge in [-0.15, -0.1) is 12.4 Å². The number of aromatic nitrogens is 1. The summed E-state index contributed by atoms with van der Waals surface area (Å²) in [7, 11) is 0. The van der Waals surface area contributed by atoms with Crippen molar-refractivity contribution in [1.29, 1.82) is 0 Å². The van der Waals surface area contributed by atoms with Gasteiger partial charge in [0.05, 0.1) is 6.61 Å². The van der Waals surface area contributed by atoms with Crippen LogP contribution < -0.4 is 5.32 Å². The van der Waals surface area contributed by atoms with Crippen LogP contribution in [0.3, 0.4) is 0 Å². The first-order valence-electron chi connectivity index (χ1n) is 6.12. The SMILES string of the molecule is Cl.c1cc(COCCC2CCNCC2)ccn1. The summed E-state index contributed by atoms with van der Waals surface area (Å²) in [6, 6.07) is 4.01. The van der Waals surface area contributed by atoms with Gasteiger partial charge in [0.15, 0.2) is 0 Å². The van der Waals surface area contributed by atoms with Gasteiger partial charge >= 0.3 is 0 Å². The Morgan fingerprint density at radius 3 is 2.65 bits per heavy atom. The molecule has 0 radical (unpaired) electrons. The second-order valence-electron chi connectivity index (χ2n) is 4.39. The Bertz CT molecular complexity index is 289. The molecule has 0 bridgehead atoms. The average molecular weight is 257 g/mol. The van der Waals surface area contributed by atoms with Crippen LogP contribution in [0.5, 0.6) is 0 Å². The lowest BCUT2D eigenvalue weighted by Gasteiger charge is -2.22. The molecule has 0 aliphatic carbocycles. The molecule has 0 aromatic carbocycles. The third kappa shape index (κ3) is 5.48. The first-order valence-corrected chi connectivity index (χ1v) is 6.12. The van der Waals surface area contributed by atoms with E-state index in [0.717, 1.165) is 12.5 Å². The van der Waals surface area contributed by atoms with E-state index in [4.69, 9.17) is 4.74 Å². The smallest absolute Gasteiger partial charge is 0.0717 e. The third-order valence-corrected chi connectivity index (χ3v) is 3.15. The van der Waals surface area contributed by atoms with Gasteiger partial charge in [-0.1, -0.05) is 0 Å². The Kier molecular flexibility index (Phi) is 7.17. The fourth-order valence-electron chi connectivity index (χ4n) is 2.09. The quantitative estimate of drug-likeness (QED) is 0.822. The van der Waals surface area contributed by atoms with E-state index in [1.807, 2.05) is 24.5 Å². The summed E-state index contributed by atoms with van der Waals surface area (Å²) in [5.74, 6) is 0.860. The first kappa shape index (κ1) is 14.4. The molecule has 1 aromatic heterocycles. The summed E-state index contributed by atoms with van der Waals surface area (Å²) in [4.78, 5) is 3.98. The molecule has 1 N–H and O–H groups in total. The molecule has 1 aliphatic heterocycles. The van der Waals surface area contributed by atoms with Crippen molar-refractivity contribution in [3.8, 4) is 0 Å². The van der Waals surface area contributed by atoms with Gasteiger partial charge < -0.3 is 10.1 Å². The van der Waals surface area contributed by atoms with Crippen LogP contribution >= 0.6 is 12.4 Å². The molecule has 0 amide bonds. The van der Waals surface area contributed by atoms with Crippen molar-refractivity contribution in [2.75, 3.05) is 19.7 Å². The number of halogens is 1. The molecule has 1 fully saturated rings. The van der Waals surface area contributed by atoms with Gasteiger partial charge in [0.1, 0.15) is 0 Å². The predicted octanol–water partition coefficient (Wildman–Crippen LogP) is 2.41. The molecule has 1 aromatic rings. The van der Waals surface area contributed by atoms with Crippen LogP contribution in [0.1, 0.15) is 24.8 Å². The number of nitrogens with one attached hydrogen (secondary N) is 1. The van der Waals surface area contributed by atoms with E-state index in [1.165, 1.54) is 37.9 Å². The van der Waals surface area contributed by atoms with E-state index >= 15 is 0 Å². The molecule has 0 saturated carbocycles. The molecule has 0 spiro atoms. The van der Waals surface area contributed by atoms with E-state index in [0.29, 0.717) is 6.61 Å². The maximum absolute atomic E-state index is 5.67. The number of piperidine rings is 1. The van der Waals surface area contributed by atoms with Crippen LogP contribution in [0.2, 0.25) is 0 Å². The average Bonchev–Trinajstić information content (AvgIpc) is 2.37. The lowest BCUT2D eigenvalue weighted by atomic mass is 9.95. The van der Waals surface area contributed by atoms with Gasteiger partial charge in [-0.25, -0.2) is 0 Å². The lowest BCUT2D eigenvalue weighted by Crippen LogP contribution is -2.28. The highest BCUT2D eigenvalue weighted by Gasteiger charge is 2.12. The highest BCUT2D eigenvalue weighted by molar-refractivity contribution is 5.85. The maximum Gasteiger partial charge on any atom is 0.0717 e. The summed E-state index contributed by atoms with van der Waals surface area (Å²) >= 11 is 0. The Labute approximate surface area is 109 Å². The Morgan fingerprint density at radius 2 is 1.94 bits per heavy atom. The Morgan fingerprint density at radius 1 is 1.24 bits per heavy atom. The van der Waals surface area contributed by atoms with Crippen LogP contribution in [0.25, 0.3) is 0 Å². The van der Waals surface area contributed by atoms with Crippen molar-refractivity contribution in [3.63, 3.8) is 0 Å². The lowest BCUT2D eigenvalue weighted by molar-refractivity contribution is 0.103. The molecule has 1 aliphatic rings. The highest BCUT2D eigenvalue weighted by atomic mass is 35.5. The highest BCUT2D eigenvalue weighted by Crippen LogP contribution is 2.15. The van der Waals surface area contributed by atoms with E-state index < -0.39 is 0 Å². The topological polar surface area (TPSA) is 34.1 Å². The molecular weight excluding hydrogens is 236 g/mol. The monoisotopic (exact) mass is 256 g/mol. The second-order valence-corrected chi connectivity index (χ2v) is 4.39. The number of hydrogen-bond donors (Lipinski definition) is 1. The van der Waals surface area contributed by atoms with Crippen LogP contribution in [0.15, 0.2) is 24.5 Å². The van der Waals surface area contributed by atoms with Crippen molar-refractivity contribution in [2.24, 2.45) is 5.92 Å². The summed E-state index contributed by atoms with van der Waals surface area (Å²) in [5, 5.41) is 3.38. The number of hydrogen-bond acceptors (Lipinski definition) is 3. The number of pyridine rings is 1. The molecular formula is C13H21ClN2O. The zero-order valence-corrected chi connectivity index (χ0v) is 10.9. The van der Waals surface area contributed by atoms with E-state index in [1.54, 1.807) is 0 Å². The molecule has 3 nitrogen and oxygen atoms in total.